The molecule has 0 aromatic heterocycles. The van der Waals surface area contributed by atoms with Gasteiger partial charge < -0.3 is 10.2 Å². The van der Waals surface area contributed by atoms with Gasteiger partial charge in [-0.25, -0.2) is 12.8 Å². The molecule has 2 fully saturated rings. The Morgan fingerprint density at radius 2 is 1.62 bits per heavy atom. The standard InChI is InChI=1S/C23H29FN4O3S/c1-18-4-7-20(8-5-18)32(30,31)28-14-12-26(13-15-28)17-23(29)25-19-6-9-22(21(24)16-19)27-10-2-3-11-27/h4-9,16H,2-3,10-15,17H2,1H3,(H,25,29). The van der Waals surface area contributed by atoms with Crippen LogP contribution in [-0.4, -0.2) is 69.3 Å². The van der Waals surface area contributed by atoms with Crippen LogP contribution in [0.5, 0.6) is 0 Å². The third-order valence-electron chi connectivity index (χ3n) is 6.04. The van der Waals surface area contributed by atoms with Crippen LogP contribution in [0, 0.1) is 12.7 Å². The quantitative estimate of drug-likeness (QED) is 0.718. The van der Waals surface area contributed by atoms with Gasteiger partial charge in [-0.3, -0.25) is 9.69 Å². The van der Waals surface area contributed by atoms with E-state index in [-0.39, 0.29) is 23.2 Å². The first kappa shape index (κ1) is 22.7. The van der Waals surface area contributed by atoms with Crippen LogP contribution >= 0.6 is 0 Å². The molecule has 32 heavy (non-hydrogen) atoms. The molecule has 2 aliphatic rings. The molecule has 0 atom stereocenters. The second kappa shape index (κ2) is 9.56. The zero-order chi connectivity index (χ0) is 22.7. The lowest BCUT2D eigenvalue weighted by atomic mass is 10.2. The molecule has 2 heterocycles. The number of nitrogens with one attached hydrogen (secondary N) is 1. The number of benzene rings is 2. The van der Waals surface area contributed by atoms with Crippen molar-refractivity contribution >= 4 is 27.3 Å². The van der Waals surface area contributed by atoms with Crippen LogP contribution in [0.3, 0.4) is 0 Å². The Morgan fingerprint density at radius 1 is 0.969 bits per heavy atom. The van der Waals surface area contributed by atoms with Crippen LogP contribution in [0.2, 0.25) is 0 Å². The molecule has 172 valence electrons. The lowest BCUT2D eigenvalue weighted by Gasteiger charge is -2.33. The van der Waals surface area contributed by atoms with E-state index in [0.29, 0.717) is 37.6 Å². The van der Waals surface area contributed by atoms with Crippen LogP contribution in [0.4, 0.5) is 15.8 Å². The second-order valence-electron chi connectivity index (χ2n) is 8.40. The fraction of sp³-hybridized carbons (Fsp3) is 0.435. The summed E-state index contributed by atoms with van der Waals surface area (Å²) in [6, 6.07) is 11.6. The maximum Gasteiger partial charge on any atom is 0.243 e. The minimum absolute atomic E-state index is 0.133. The molecule has 0 unspecified atom stereocenters. The molecule has 0 spiro atoms. The number of piperazine rings is 1. The largest absolute Gasteiger partial charge is 0.369 e. The van der Waals surface area contributed by atoms with Gasteiger partial charge in [-0.2, -0.15) is 4.31 Å². The predicted octanol–water partition coefficient (Wildman–Crippen LogP) is 2.68. The lowest BCUT2D eigenvalue weighted by Crippen LogP contribution is -2.50. The second-order valence-corrected chi connectivity index (χ2v) is 10.3. The molecule has 0 bridgehead atoms. The maximum atomic E-state index is 14.5. The van der Waals surface area contributed by atoms with Crippen molar-refractivity contribution in [1.29, 1.82) is 0 Å². The molecule has 0 radical (unpaired) electrons. The van der Waals surface area contributed by atoms with E-state index < -0.39 is 10.0 Å². The number of anilines is 2. The van der Waals surface area contributed by atoms with Crippen LogP contribution in [0.15, 0.2) is 47.4 Å². The third-order valence-corrected chi connectivity index (χ3v) is 7.95. The van der Waals surface area contributed by atoms with Gasteiger partial charge in [0.1, 0.15) is 5.82 Å². The van der Waals surface area contributed by atoms with Crippen molar-refractivity contribution in [3.63, 3.8) is 0 Å². The van der Waals surface area contributed by atoms with Crippen LogP contribution in [-0.2, 0) is 14.8 Å². The van der Waals surface area contributed by atoms with E-state index in [9.17, 15) is 17.6 Å². The number of amides is 1. The molecule has 7 nitrogen and oxygen atoms in total. The summed E-state index contributed by atoms with van der Waals surface area (Å²) >= 11 is 0. The Balaban J connectivity index is 1.29. The Morgan fingerprint density at radius 3 is 2.25 bits per heavy atom. The smallest absolute Gasteiger partial charge is 0.243 e. The van der Waals surface area contributed by atoms with Gasteiger partial charge in [-0.1, -0.05) is 17.7 Å². The van der Waals surface area contributed by atoms with Gasteiger partial charge in [0.25, 0.3) is 0 Å². The molecule has 0 saturated carbocycles. The normalized spacial score (nSPS) is 18.1. The van der Waals surface area contributed by atoms with Crippen LogP contribution < -0.4 is 10.2 Å². The maximum absolute atomic E-state index is 14.5. The first-order valence-electron chi connectivity index (χ1n) is 11.0. The number of hydrogen-bond donors (Lipinski definition) is 1. The summed E-state index contributed by atoms with van der Waals surface area (Å²) in [6.07, 6.45) is 2.13. The monoisotopic (exact) mass is 460 g/mol. The molecular weight excluding hydrogens is 431 g/mol. The van der Waals surface area contributed by atoms with E-state index in [2.05, 4.69) is 5.32 Å². The van der Waals surface area contributed by atoms with E-state index in [4.69, 9.17) is 0 Å². The Labute approximate surface area is 188 Å². The molecule has 4 rings (SSSR count). The minimum atomic E-state index is -3.53. The fourth-order valence-corrected chi connectivity index (χ4v) is 5.61. The summed E-state index contributed by atoms with van der Waals surface area (Å²) in [4.78, 5) is 16.7. The molecule has 2 aromatic rings. The third kappa shape index (κ3) is 5.11. The highest BCUT2D eigenvalue weighted by molar-refractivity contribution is 7.89. The minimum Gasteiger partial charge on any atom is -0.369 e. The highest BCUT2D eigenvalue weighted by Crippen LogP contribution is 2.26. The fourth-order valence-electron chi connectivity index (χ4n) is 4.19. The number of carbonyl (C=O) groups excluding carboxylic acids is 1. The van der Waals surface area contributed by atoms with E-state index >= 15 is 0 Å². The molecule has 1 N–H and O–H groups in total. The van der Waals surface area contributed by atoms with Crippen molar-refractivity contribution in [1.82, 2.24) is 9.21 Å². The summed E-state index contributed by atoms with van der Waals surface area (Å²) in [5.74, 6) is -0.576. The number of hydrogen-bond acceptors (Lipinski definition) is 5. The molecule has 0 aliphatic carbocycles. The number of rotatable bonds is 6. The zero-order valence-electron chi connectivity index (χ0n) is 18.3. The number of carbonyl (C=O) groups is 1. The van der Waals surface area contributed by atoms with E-state index in [1.54, 1.807) is 36.4 Å². The highest BCUT2D eigenvalue weighted by Gasteiger charge is 2.29. The number of sulfonamides is 1. The van der Waals surface area contributed by atoms with Gasteiger partial charge in [0.15, 0.2) is 0 Å². The van der Waals surface area contributed by atoms with E-state index in [0.717, 1.165) is 31.5 Å². The van der Waals surface area contributed by atoms with Crippen LogP contribution in [0.1, 0.15) is 18.4 Å². The van der Waals surface area contributed by atoms with Crippen molar-refractivity contribution < 1.29 is 17.6 Å². The first-order chi connectivity index (χ1) is 15.3. The van der Waals surface area contributed by atoms with Crippen molar-refractivity contribution in [2.24, 2.45) is 0 Å². The van der Waals surface area contributed by atoms with Gasteiger partial charge in [-0.15, -0.1) is 0 Å². The zero-order valence-corrected chi connectivity index (χ0v) is 19.1. The van der Waals surface area contributed by atoms with Crippen molar-refractivity contribution in [2.45, 2.75) is 24.7 Å². The van der Waals surface area contributed by atoms with E-state index in [1.807, 2.05) is 16.7 Å². The van der Waals surface area contributed by atoms with Crippen molar-refractivity contribution in [3.05, 3.63) is 53.8 Å². The highest BCUT2D eigenvalue weighted by atomic mass is 32.2. The average molecular weight is 461 g/mol. The predicted molar refractivity (Wildman–Crippen MR) is 123 cm³/mol. The van der Waals surface area contributed by atoms with Gasteiger partial charge in [0.2, 0.25) is 15.9 Å². The Bertz CT molecular complexity index is 1060. The van der Waals surface area contributed by atoms with Gasteiger partial charge >= 0.3 is 0 Å². The molecule has 2 aliphatic heterocycles. The Kier molecular flexibility index (Phi) is 6.78. The summed E-state index contributed by atoms with van der Waals surface area (Å²) in [7, 11) is -3.53. The van der Waals surface area contributed by atoms with Gasteiger partial charge in [0.05, 0.1) is 17.1 Å². The molecular formula is C23H29FN4O3S. The topological polar surface area (TPSA) is 73.0 Å². The summed E-state index contributed by atoms with van der Waals surface area (Å²) < 4.78 is 41.5. The summed E-state index contributed by atoms with van der Waals surface area (Å²) in [5, 5.41) is 2.75. The first-order valence-corrected chi connectivity index (χ1v) is 12.4. The molecule has 2 saturated heterocycles. The van der Waals surface area contributed by atoms with Gasteiger partial charge in [-0.05, 0) is 50.1 Å². The SMILES string of the molecule is Cc1ccc(S(=O)(=O)N2CCN(CC(=O)Nc3ccc(N4CCCC4)c(F)c3)CC2)cc1. The van der Waals surface area contributed by atoms with Gasteiger partial charge in [0, 0.05) is 45.0 Å². The number of nitrogens with zero attached hydrogens (tertiary/aromatic N) is 3. The number of aryl methyl sites for hydroxylation is 1. The van der Waals surface area contributed by atoms with Crippen LogP contribution in [0.25, 0.3) is 0 Å². The van der Waals surface area contributed by atoms with Crippen molar-refractivity contribution in [2.75, 3.05) is 56.0 Å². The Hall–Kier alpha value is -2.49. The number of halogens is 1. The molecule has 2 aromatic carbocycles. The molecule has 9 heteroatoms. The average Bonchev–Trinajstić information content (AvgIpc) is 3.29. The van der Waals surface area contributed by atoms with E-state index in [1.165, 1.54) is 10.4 Å². The molecule has 1 amide bonds. The van der Waals surface area contributed by atoms with Crippen molar-refractivity contribution in [3.8, 4) is 0 Å². The lowest BCUT2D eigenvalue weighted by molar-refractivity contribution is -0.117. The summed E-state index contributed by atoms with van der Waals surface area (Å²) in [5.41, 5.74) is 2.01. The summed E-state index contributed by atoms with van der Waals surface area (Å²) in [6.45, 7) is 5.32.